The number of non-ortho nitro benzene ring substituents is 1. The van der Waals surface area contributed by atoms with Crippen LogP contribution in [0.5, 0.6) is 0 Å². The Morgan fingerprint density at radius 1 is 1.02 bits per heavy atom. The van der Waals surface area contributed by atoms with Crippen molar-refractivity contribution in [2.75, 3.05) is 55.7 Å². The Bertz CT molecular complexity index is 1290. The van der Waals surface area contributed by atoms with Crippen LogP contribution in [0, 0.1) is 16.0 Å². The summed E-state index contributed by atoms with van der Waals surface area (Å²) in [5.74, 6) is -0.272. The number of piperidine rings is 2. The molecule has 2 fully saturated rings. The first-order chi connectivity index (χ1) is 19.0. The van der Waals surface area contributed by atoms with Crippen molar-refractivity contribution in [3.05, 3.63) is 62.6 Å². The molecule has 4 rings (SSSR count). The molecule has 0 bridgehead atoms. The van der Waals surface area contributed by atoms with E-state index in [1.165, 1.54) is 22.7 Å². The molecule has 1 amide bonds. The van der Waals surface area contributed by atoms with Crippen LogP contribution in [-0.2, 0) is 14.8 Å². The fraction of sp³-hybridized carbons (Fsp3) is 0.519. The molecule has 2 saturated heterocycles. The zero-order valence-electron chi connectivity index (χ0n) is 22.5. The van der Waals surface area contributed by atoms with Gasteiger partial charge in [-0.1, -0.05) is 23.2 Å². The molecule has 1 N–H and O–H groups in total. The number of nitrogens with one attached hydrogen (secondary N) is 1. The third-order valence-electron chi connectivity index (χ3n) is 7.65. The van der Waals surface area contributed by atoms with Gasteiger partial charge in [0, 0.05) is 68.2 Å². The summed E-state index contributed by atoms with van der Waals surface area (Å²) < 4.78 is 25.2. The van der Waals surface area contributed by atoms with E-state index in [9.17, 15) is 23.3 Å². The van der Waals surface area contributed by atoms with Gasteiger partial charge in [0.1, 0.15) is 0 Å². The van der Waals surface area contributed by atoms with Crippen LogP contribution in [-0.4, -0.2) is 80.0 Å². The van der Waals surface area contributed by atoms with E-state index < -0.39 is 14.9 Å². The molecule has 13 heteroatoms. The van der Waals surface area contributed by atoms with E-state index in [4.69, 9.17) is 23.2 Å². The second-order valence-corrected chi connectivity index (χ2v) is 13.2. The zero-order chi connectivity index (χ0) is 28.9. The van der Waals surface area contributed by atoms with Crippen LogP contribution in [0.3, 0.4) is 0 Å². The summed E-state index contributed by atoms with van der Waals surface area (Å²) in [6, 6.07) is 12.0. The van der Waals surface area contributed by atoms with Crippen molar-refractivity contribution in [3.8, 4) is 0 Å². The predicted molar refractivity (Wildman–Crippen MR) is 159 cm³/mol. The maximum absolute atomic E-state index is 13.6. The Morgan fingerprint density at radius 3 is 2.25 bits per heavy atom. The molecule has 0 saturated carbocycles. The average molecular weight is 613 g/mol. The van der Waals surface area contributed by atoms with E-state index in [1.807, 2.05) is 0 Å². The number of anilines is 2. The van der Waals surface area contributed by atoms with Gasteiger partial charge in [-0.15, -0.1) is 0 Å². The number of amides is 1. The monoisotopic (exact) mass is 611 g/mol. The highest BCUT2D eigenvalue weighted by Gasteiger charge is 2.32. The summed E-state index contributed by atoms with van der Waals surface area (Å²) in [5.41, 5.74) is 1.64. The minimum atomic E-state index is -3.27. The molecule has 2 aromatic carbocycles. The van der Waals surface area contributed by atoms with Gasteiger partial charge in [0.2, 0.25) is 15.9 Å². The molecule has 2 aliphatic rings. The van der Waals surface area contributed by atoms with Crippen LogP contribution in [0.2, 0.25) is 10.0 Å². The lowest BCUT2D eigenvalue weighted by Gasteiger charge is -2.35. The number of rotatable bonds is 10. The quantitative estimate of drug-likeness (QED) is 0.301. The molecule has 2 heterocycles. The second-order valence-electron chi connectivity index (χ2n) is 10.4. The van der Waals surface area contributed by atoms with E-state index in [-0.39, 0.29) is 17.5 Å². The summed E-state index contributed by atoms with van der Waals surface area (Å²) in [4.78, 5) is 28.2. The third kappa shape index (κ3) is 8.07. The second kappa shape index (κ2) is 13.5. The number of nitro benzene ring substituents is 1. The Hall–Kier alpha value is -2.44. The average Bonchev–Trinajstić information content (AvgIpc) is 2.93. The van der Waals surface area contributed by atoms with E-state index >= 15 is 0 Å². The lowest BCUT2D eigenvalue weighted by molar-refractivity contribution is -0.384. The number of carbonyl (C=O) groups excluding carboxylic acids is 1. The van der Waals surface area contributed by atoms with Crippen molar-refractivity contribution in [2.45, 2.75) is 38.1 Å². The zero-order valence-corrected chi connectivity index (χ0v) is 24.8. The first kappa shape index (κ1) is 30.5. The molecule has 0 spiro atoms. The van der Waals surface area contributed by atoms with Gasteiger partial charge in [-0.05, 0) is 69.0 Å². The Morgan fingerprint density at radius 2 is 1.68 bits per heavy atom. The Labute approximate surface area is 245 Å². The van der Waals surface area contributed by atoms with Crippen molar-refractivity contribution in [1.29, 1.82) is 0 Å². The number of nitrogens with zero attached hydrogens (tertiary/aromatic N) is 4. The normalized spacial score (nSPS) is 18.0. The topological polar surface area (TPSA) is 116 Å². The highest BCUT2D eigenvalue weighted by atomic mass is 35.5. The molecule has 2 aromatic rings. The van der Waals surface area contributed by atoms with E-state index in [2.05, 4.69) is 10.2 Å². The van der Waals surface area contributed by atoms with Crippen LogP contribution in [0.15, 0.2) is 42.5 Å². The smallest absolute Gasteiger partial charge is 0.269 e. The molecule has 0 unspecified atom stereocenters. The number of benzene rings is 2. The van der Waals surface area contributed by atoms with Crippen molar-refractivity contribution in [2.24, 2.45) is 5.92 Å². The number of hydrogen-bond donors (Lipinski definition) is 1. The Balaban J connectivity index is 1.30. The van der Waals surface area contributed by atoms with Gasteiger partial charge in [-0.2, -0.15) is 0 Å². The van der Waals surface area contributed by atoms with E-state index in [0.29, 0.717) is 54.3 Å². The van der Waals surface area contributed by atoms with Crippen LogP contribution in [0.1, 0.15) is 32.1 Å². The van der Waals surface area contributed by atoms with E-state index in [1.54, 1.807) is 35.2 Å². The first-order valence-electron chi connectivity index (χ1n) is 13.5. The standard InChI is InChI=1S/C27H35Cl2N5O5S/c1-40(38,39)32-17-9-20(10-18-32)27(35)33(24-7-8-25(28)26(29)19-24)14-2-13-31-15-11-22(12-16-31)30-21-3-5-23(6-4-21)34(36)37/h3-8,19-20,22,30H,2,9-18H2,1H3. The molecule has 0 aliphatic carbocycles. The van der Waals surface area contributed by atoms with Crippen LogP contribution >= 0.6 is 23.2 Å². The molecule has 10 nitrogen and oxygen atoms in total. The third-order valence-corrected chi connectivity index (χ3v) is 9.69. The maximum Gasteiger partial charge on any atom is 0.269 e. The summed E-state index contributed by atoms with van der Waals surface area (Å²) in [6.07, 6.45) is 4.84. The van der Waals surface area contributed by atoms with Gasteiger partial charge in [0.15, 0.2) is 0 Å². The van der Waals surface area contributed by atoms with Crippen molar-refractivity contribution < 1.29 is 18.1 Å². The van der Waals surface area contributed by atoms with Crippen LogP contribution < -0.4 is 10.2 Å². The number of nitro groups is 1. The highest BCUT2D eigenvalue weighted by molar-refractivity contribution is 7.88. The number of carbonyl (C=O) groups is 1. The molecule has 2 aliphatic heterocycles. The molecule has 0 aromatic heterocycles. The van der Waals surface area contributed by atoms with Gasteiger partial charge in [-0.3, -0.25) is 14.9 Å². The largest absolute Gasteiger partial charge is 0.382 e. The van der Waals surface area contributed by atoms with Gasteiger partial charge in [0.25, 0.3) is 5.69 Å². The number of hydrogen-bond acceptors (Lipinski definition) is 7. The molecule has 218 valence electrons. The fourth-order valence-corrected chi connectivity index (χ4v) is 6.51. The van der Waals surface area contributed by atoms with Crippen LogP contribution in [0.4, 0.5) is 17.1 Å². The summed E-state index contributed by atoms with van der Waals surface area (Å²) >= 11 is 12.4. The van der Waals surface area contributed by atoms with Crippen molar-refractivity contribution >= 4 is 56.2 Å². The summed E-state index contributed by atoms with van der Waals surface area (Å²) in [6.45, 7) is 3.86. The SMILES string of the molecule is CS(=O)(=O)N1CCC(C(=O)N(CCCN2CCC(Nc3ccc([N+](=O)[O-])cc3)CC2)c2ccc(Cl)c(Cl)c2)CC1. The van der Waals surface area contributed by atoms with Crippen LogP contribution in [0.25, 0.3) is 0 Å². The number of likely N-dealkylation sites (tertiary alicyclic amines) is 1. The maximum atomic E-state index is 13.6. The molecular formula is C27H35Cl2N5O5S. The molecule has 0 atom stereocenters. The number of sulfonamides is 1. The molecule has 40 heavy (non-hydrogen) atoms. The summed E-state index contributed by atoms with van der Waals surface area (Å²) in [7, 11) is -3.27. The lowest BCUT2D eigenvalue weighted by Crippen LogP contribution is -2.45. The Kier molecular flexibility index (Phi) is 10.3. The summed E-state index contributed by atoms with van der Waals surface area (Å²) in [5, 5.41) is 15.1. The van der Waals surface area contributed by atoms with Crippen molar-refractivity contribution in [1.82, 2.24) is 9.21 Å². The minimum Gasteiger partial charge on any atom is -0.382 e. The number of halogens is 2. The fourth-order valence-electron chi connectivity index (χ4n) is 5.34. The lowest BCUT2D eigenvalue weighted by atomic mass is 9.96. The van der Waals surface area contributed by atoms with Gasteiger partial charge >= 0.3 is 0 Å². The molecule has 0 radical (unpaired) electrons. The minimum absolute atomic E-state index is 0.0162. The van der Waals surface area contributed by atoms with Gasteiger partial charge in [0.05, 0.1) is 21.2 Å². The predicted octanol–water partition coefficient (Wildman–Crippen LogP) is 4.87. The van der Waals surface area contributed by atoms with Gasteiger partial charge < -0.3 is 15.1 Å². The molecular weight excluding hydrogens is 577 g/mol. The van der Waals surface area contributed by atoms with E-state index in [0.717, 1.165) is 44.6 Å². The van der Waals surface area contributed by atoms with Crippen molar-refractivity contribution in [3.63, 3.8) is 0 Å². The highest BCUT2D eigenvalue weighted by Crippen LogP contribution is 2.30. The van der Waals surface area contributed by atoms with Gasteiger partial charge in [-0.25, -0.2) is 12.7 Å². The first-order valence-corrected chi connectivity index (χ1v) is 16.1.